The van der Waals surface area contributed by atoms with E-state index in [4.69, 9.17) is 4.74 Å². The van der Waals surface area contributed by atoms with E-state index in [1.807, 2.05) is 18.2 Å². The second-order valence-corrected chi connectivity index (χ2v) is 4.86. The van der Waals surface area contributed by atoms with Crippen LogP contribution in [0.3, 0.4) is 0 Å². The van der Waals surface area contributed by atoms with Crippen LogP contribution in [0.5, 0.6) is 0 Å². The summed E-state index contributed by atoms with van der Waals surface area (Å²) >= 11 is 0. The highest BCUT2D eigenvalue weighted by Crippen LogP contribution is 2.13. The third kappa shape index (κ3) is 4.09. The molecule has 0 saturated carbocycles. The molecular weight excluding hydrogens is 268 g/mol. The van der Waals surface area contributed by atoms with Crippen molar-refractivity contribution in [2.24, 2.45) is 0 Å². The number of anilines is 2. The van der Waals surface area contributed by atoms with E-state index in [0.717, 1.165) is 31.7 Å². The monoisotopic (exact) mass is 286 g/mol. The molecule has 0 spiro atoms. The molecule has 7 heteroatoms. The quantitative estimate of drug-likeness (QED) is 0.831. The molecule has 0 aliphatic carbocycles. The number of nitrogens with one attached hydrogen (secondary N) is 2. The van der Waals surface area contributed by atoms with Gasteiger partial charge in [-0.15, -0.1) is 5.10 Å². The first kappa shape index (κ1) is 13.7. The summed E-state index contributed by atoms with van der Waals surface area (Å²) < 4.78 is 5.56. The van der Waals surface area contributed by atoms with E-state index >= 15 is 0 Å². The van der Waals surface area contributed by atoms with Gasteiger partial charge in [0.2, 0.25) is 5.95 Å². The Morgan fingerprint density at radius 2 is 2.29 bits per heavy atom. The number of rotatable bonds is 6. The molecule has 0 aromatic carbocycles. The van der Waals surface area contributed by atoms with Gasteiger partial charge in [0.25, 0.3) is 0 Å². The first-order valence-electron chi connectivity index (χ1n) is 7.09. The van der Waals surface area contributed by atoms with Gasteiger partial charge in [-0.25, -0.2) is 0 Å². The fourth-order valence-electron chi connectivity index (χ4n) is 2.16. The SMILES string of the molecule is c1ccc(CNc2nncc(NCC3CCCO3)n2)nc1. The molecule has 1 aliphatic rings. The Labute approximate surface area is 123 Å². The highest BCUT2D eigenvalue weighted by Gasteiger charge is 2.15. The van der Waals surface area contributed by atoms with Gasteiger partial charge >= 0.3 is 0 Å². The van der Waals surface area contributed by atoms with Crippen LogP contribution < -0.4 is 10.6 Å². The van der Waals surface area contributed by atoms with Gasteiger partial charge in [0.1, 0.15) is 0 Å². The van der Waals surface area contributed by atoms with Crippen molar-refractivity contribution in [2.75, 3.05) is 23.8 Å². The molecule has 3 rings (SSSR count). The third-order valence-electron chi connectivity index (χ3n) is 3.25. The number of pyridine rings is 1. The Kier molecular flexibility index (Phi) is 4.52. The molecule has 0 radical (unpaired) electrons. The molecule has 0 bridgehead atoms. The van der Waals surface area contributed by atoms with Crippen molar-refractivity contribution < 1.29 is 4.74 Å². The molecule has 21 heavy (non-hydrogen) atoms. The molecule has 3 heterocycles. The summed E-state index contributed by atoms with van der Waals surface area (Å²) in [6.07, 6.45) is 5.86. The van der Waals surface area contributed by atoms with Gasteiger partial charge in [0.05, 0.1) is 24.5 Å². The number of ether oxygens (including phenoxy) is 1. The zero-order chi connectivity index (χ0) is 14.3. The minimum Gasteiger partial charge on any atom is -0.376 e. The van der Waals surface area contributed by atoms with Crippen LogP contribution in [-0.2, 0) is 11.3 Å². The number of hydrogen-bond donors (Lipinski definition) is 2. The molecule has 0 amide bonds. The minimum absolute atomic E-state index is 0.268. The van der Waals surface area contributed by atoms with Crippen LogP contribution in [0.1, 0.15) is 18.5 Å². The van der Waals surface area contributed by atoms with E-state index in [0.29, 0.717) is 18.3 Å². The summed E-state index contributed by atoms with van der Waals surface area (Å²) in [5.41, 5.74) is 0.929. The van der Waals surface area contributed by atoms with E-state index in [9.17, 15) is 0 Å². The maximum Gasteiger partial charge on any atom is 0.245 e. The van der Waals surface area contributed by atoms with Gasteiger partial charge in [-0.3, -0.25) is 4.98 Å². The molecule has 110 valence electrons. The summed E-state index contributed by atoms with van der Waals surface area (Å²) in [4.78, 5) is 8.60. The summed E-state index contributed by atoms with van der Waals surface area (Å²) in [5.74, 6) is 1.18. The lowest BCUT2D eigenvalue weighted by Gasteiger charge is -2.11. The molecule has 1 fully saturated rings. The Hall–Kier alpha value is -2.28. The van der Waals surface area contributed by atoms with Gasteiger partial charge in [0, 0.05) is 19.3 Å². The van der Waals surface area contributed by atoms with Crippen LogP contribution in [0, 0.1) is 0 Å². The summed E-state index contributed by atoms with van der Waals surface area (Å²) in [6, 6.07) is 5.78. The topological polar surface area (TPSA) is 84.9 Å². The van der Waals surface area contributed by atoms with Crippen molar-refractivity contribution in [3.8, 4) is 0 Å². The third-order valence-corrected chi connectivity index (χ3v) is 3.25. The molecule has 2 aromatic rings. The highest BCUT2D eigenvalue weighted by atomic mass is 16.5. The van der Waals surface area contributed by atoms with E-state index in [2.05, 4.69) is 30.8 Å². The fourth-order valence-corrected chi connectivity index (χ4v) is 2.16. The number of aromatic nitrogens is 4. The Morgan fingerprint density at radius 3 is 3.10 bits per heavy atom. The average Bonchev–Trinajstić information content (AvgIpc) is 3.06. The van der Waals surface area contributed by atoms with Crippen LogP contribution in [0.25, 0.3) is 0 Å². The molecule has 1 saturated heterocycles. The number of nitrogens with zero attached hydrogens (tertiary/aromatic N) is 4. The van der Waals surface area contributed by atoms with E-state index in [1.54, 1.807) is 12.4 Å². The summed E-state index contributed by atoms with van der Waals surface area (Å²) in [7, 11) is 0. The minimum atomic E-state index is 0.268. The van der Waals surface area contributed by atoms with Crippen molar-refractivity contribution in [1.29, 1.82) is 0 Å². The molecule has 1 aliphatic heterocycles. The largest absolute Gasteiger partial charge is 0.376 e. The summed E-state index contributed by atoms with van der Waals surface area (Å²) in [6.45, 7) is 2.17. The van der Waals surface area contributed by atoms with Gasteiger partial charge in [-0.05, 0) is 25.0 Å². The van der Waals surface area contributed by atoms with Crippen molar-refractivity contribution in [3.05, 3.63) is 36.3 Å². The second kappa shape index (κ2) is 6.94. The zero-order valence-corrected chi connectivity index (χ0v) is 11.7. The maximum atomic E-state index is 5.56. The van der Waals surface area contributed by atoms with E-state index in [-0.39, 0.29) is 6.10 Å². The molecule has 1 unspecified atom stereocenters. The molecular formula is C14H18N6O. The van der Waals surface area contributed by atoms with Gasteiger partial charge in [0.15, 0.2) is 5.82 Å². The number of hydrogen-bond acceptors (Lipinski definition) is 7. The molecule has 7 nitrogen and oxygen atoms in total. The lowest BCUT2D eigenvalue weighted by molar-refractivity contribution is 0.120. The fraction of sp³-hybridized carbons (Fsp3) is 0.429. The maximum absolute atomic E-state index is 5.56. The van der Waals surface area contributed by atoms with E-state index in [1.165, 1.54) is 0 Å². The zero-order valence-electron chi connectivity index (χ0n) is 11.7. The van der Waals surface area contributed by atoms with Crippen molar-refractivity contribution >= 4 is 11.8 Å². The van der Waals surface area contributed by atoms with E-state index < -0.39 is 0 Å². The molecule has 2 N–H and O–H groups in total. The predicted octanol–water partition coefficient (Wildman–Crippen LogP) is 1.47. The summed E-state index contributed by atoms with van der Waals surface area (Å²) in [5, 5.41) is 14.2. The average molecular weight is 286 g/mol. The Morgan fingerprint density at radius 1 is 1.29 bits per heavy atom. The predicted molar refractivity (Wildman–Crippen MR) is 78.9 cm³/mol. The molecule has 1 atom stereocenters. The van der Waals surface area contributed by atoms with Gasteiger partial charge in [-0.1, -0.05) is 6.07 Å². The lowest BCUT2D eigenvalue weighted by atomic mass is 10.2. The Balaban J connectivity index is 1.52. The van der Waals surface area contributed by atoms with Crippen molar-refractivity contribution in [3.63, 3.8) is 0 Å². The van der Waals surface area contributed by atoms with Crippen LogP contribution in [0.2, 0.25) is 0 Å². The molecule has 2 aromatic heterocycles. The Bertz CT molecular complexity index is 558. The second-order valence-electron chi connectivity index (χ2n) is 4.86. The first-order chi connectivity index (χ1) is 10.4. The van der Waals surface area contributed by atoms with Gasteiger partial charge in [-0.2, -0.15) is 10.1 Å². The smallest absolute Gasteiger partial charge is 0.245 e. The van der Waals surface area contributed by atoms with Crippen LogP contribution in [-0.4, -0.2) is 39.4 Å². The lowest BCUT2D eigenvalue weighted by Crippen LogP contribution is -2.19. The standard InChI is InChI=1S/C14H18N6O/c1-2-6-15-11(4-1)8-17-14-19-13(10-18-20-14)16-9-12-5-3-7-21-12/h1-2,4,6,10,12H,3,5,7-9H2,(H2,16,17,19,20). The highest BCUT2D eigenvalue weighted by molar-refractivity contribution is 5.37. The van der Waals surface area contributed by atoms with Crippen LogP contribution in [0.15, 0.2) is 30.6 Å². The van der Waals surface area contributed by atoms with Crippen molar-refractivity contribution in [2.45, 2.75) is 25.5 Å². The van der Waals surface area contributed by atoms with Crippen molar-refractivity contribution in [1.82, 2.24) is 20.2 Å². The normalized spacial score (nSPS) is 17.6. The van der Waals surface area contributed by atoms with Gasteiger partial charge < -0.3 is 15.4 Å². The van der Waals surface area contributed by atoms with Crippen LogP contribution in [0.4, 0.5) is 11.8 Å². The first-order valence-corrected chi connectivity index (χ1v) is 7.09. The van der Waals surface area contributed by atoms with Crippen LogP contribution >= 0.6 is 0 Å².